The highest BCUT2D eigenvalue weighted by Crippen LogP contribution is 2.34. The van der Waals surface area contributed by atoms with Crippen LogP contribution in [0.25, 0.3) is 55.6 Å². The van der Waals surface area contributed by atoms with E-state index in [1.54, 1.807) is 6.20 Å². The molecule has 0 fully saturated rings. The third-order valence-electron chi connectivity index (χ3n) is 5.89. The SMILES string of the molecule is Cc1cncc(-c2ccc3[nH]nc(-c4cc5c(-c6cc(C)cc(F)c6)nccc5[nH]4)c3c2)c1. The maximum absolute atomic E-state index is 14.1. The molecule has 6 rings (SSSR count). The summed E-state index contributed by atoms with van der Waals surface area (Å²) in [4.78, 5) is 12.4. The Kier molecular flexibility index (Phi) is 4.33. The van der Waals surface area contributed by atoms with Crippen LogP contribution in [0.15, 0.2) is 73.2 Å². The number of aromatic nitrogens is 5. The van der Waals surface area contributed by atoms with Gasteiger partial charge in [0.2, 0.25) is 0 Å². The third-order valence-corrected chi connectivity index (χ3v) is 5.89. The summed E-state index contributed by atoms with van der Waals surface area (Å²) < 4.78 is 14.1. The number of aromatic amines is 2. The third kappa shape index (κ3) is 3.36. The Balaban J connectivity index is 1.51. The lowest BCUT2D eigenvalue weighted by Gasteiger charge is -2.04. The topological polar surface area (TPSA) is 70.2 Å². The molecule has 33 heavy (non-hydrogen) atoms. The molecule has 0 saturated carbocycles. The highest BCUT2D eigenvalue weighted by Gasteiger charge is 2.15. The number of rotatable bonds is 3. The highest BCUT2D eigenvalue weighted by atomic mass is 19.1. The zero-order valence-corrected chi connectivity index (χ0v) is 18.1. The van der Waals surface area contributed by atoms with Crippen molar-refractivity contribution in [1.29, 1.82) is 0 Å². The maximum atomic E-state index is 14.1. The minimum absolute atomic E-state index is 0.268. The first-order valence-corrected chi connectivity index (χ1v) is 10.7. The molecule has 0 aliphatic carbocycles. The zero-order valence-electron chi connectivity index (χ0n) is 18.1. The van der Waals surface area contributed by atoms with Crippen LogP contribution in [0.3, 0.4) is 0 Å². The van der Waals surface area contributed by atoms with E-state index in [1.165, 1.54) is 12.1 Å². The van der Waals surface area contributed by atoms with E-state index in [4.69, 9.17) is 0 Å². The number of hydrogen-bond acceptors (Lipinski definition) is 3. The lowest BCUT2D eigenvalue weighted by Crippen LogP contribution is -1.87. The number of pyridine rings is 2. The molecule has 0 aliphatic heterocycles. The normalized spacial score (nSPS) is 11.5. The highest BCUT2D eigenvalue weighted by molar-refractivity contribution is 6.00. The molecule has 0 amide bonds. The lowest BCUT2D eigenvalue weighted by molar-refractivity contribution is 0.627. The van der Waals surface area contributed by atoms with Crippen molar-refractivity contribution in [2.45, 2.75) is 13.8 Å². The van der Waals surface area contributed by atoms with Crippen LogP contribution in [0.1, 0.15) is 11.1 Å². The first-order chi connectivity index (χ1) is 16.0. The number of hydrogen-bond donors (Lipinski definition) is 2. The lowest BCUT2D eigenvalue weighted by atomic mass is 10.0. The van der Waals surface area contributed by atoms with Gasteiger partial charge in [-0.25, -0.2) is 4.39 Å². The molecule has 0 bridgehead atoms. The summed E-state index contributed by atoms with van der Waals surface area (Å²) in [5, 5.41) is 9.66. The minimum atomic E-state index is -0.268. The quantitative estimate of drug-likeness (QED) is 0.331. The Hall–Kier alpha value is -4.32. The number of nitrogens with one attached hydrogen (secondary N) is 2. The monoisotopic (exact) mass is 433 g/mol. The van der Waals surface area contributed by atoms with Crippen molar-refractivity contribution in [1.82, 2.24) is 25.1 Å². The summed E-state index contributed by atoms with van der Waals surface area (Å²) in [6, 6.07) is 17.3. The second-order valence-corrected chi connectivity index (χ2v) is 8.40. The fraction of sp³-hybridized carbons (Fsp3) is 0.0741. The Morgan fingerprint density at radius 1 is 0.727 bits per heavy atom. The average molecular weight is 433 g/mol. The van der Waals surface area contributed by atoms with Gasteiger partial charge in [0.15, 0.2) is 0 Å². The Morgan fingerprint density at radius 3 is 2.42 bits per heavy atom. The van der Waals surface area contributed by atoms with Crippen molar-refractivity contribution in [3.63, 3.8) is 0 Å². The van der Waals surface area contributed by atoms with Crippen LogP contribution in [0.5, 0.6) is 0 Å². The van der Waals surface area contributed by atoms with Crippen molar-refractivity contribution in [3.8, 4) is 33.8 Å². The standard InChI is InChI=1S/C27H20FN5/c1-15-7-18(10-20(28)9-15)26-22-12-25(31-23(22)5-6-30-26)27-21-11-17(3-4-24(21)32-33-27)19-8-16(2)13-29-14-19/h3-14,31H,1-2H3,(H,32,33). The van der Waals surface area contributed by atoms with E-state index in [0.29, 0.717) is 0 Å². The Bertz CT molecular complexity index is 1640. The van der Waals surface area contributed by atoms with Crippen LogP contribution < -0.4 is 0 Å². The van der Waals surface area contributed by atoms with Crippen molar-refractivity contribution >= 4 is 21.8 Å². The van der Waals surface area contributed by atoms with Crippen LogP contribution in [-0.2, 0) is 0 Å². The van der Waals surface area contributed by atoms with Gasteiger partial charge in [-0.1, -0.05) is 6.07 Å². The van der Waals surface area contributed by atoms with Crippen molar-refractivity contribution in [2.24, 2.45) is 0 Å². The summed E-state index contributed by atoms with van der Waals surface area (Å²) in [6.07, 6.45) is 5.46. The number of benzene rings is 2. The Labute approximate surface area is 189 Å². The van der Waals surface area contributed by atoms with E-state index in [9.17, 15) is 4.39 Å². The molecule has 0 saturated heterocycles. The summed E-state index contributed by atoms with van der Waals surface area (Å²) in [5.41, 5.74) is 9.18. The second-order valence-electron chi connectivity index (χ2n) is 8.40. The van der Waals surface area contributed by atoms with Gasteiger partial charge in [0, 0.05) is 46.0 Å². The van der Waals surface area contributed by atoms with Gasteiger partial charge in [-0.15, -0.1) is 0 Å². The largest absolute Gasteiger partial charge is 0.353 e. The maximum Gasteiger partial charge on any atom is 0.124 e. The van der Waals surface area contributed by atoms with E-state index in [-0.39, 0.29) is 5.82 Å². The molecule has 4 aromatic heterocycles. The van der Waals surface area contributed by atoms with Crippen LogP contribution in [-0.4, -0.2) is 25.1 Å². The molecular weight excluding hydrogens is 413 g/mol. The van der Waals surface area contributed by atoms with E-state index >= 15 is 0 Å². The molecule has 5 nitrogen and oxygen atoms in total. The van der Waals surface area contributed by atoms with Gasteiger partial charge in [0.1, 0.15) is 11.5 Å². The van der Waals surface area contributed by atoms with Crippen LogP contribution in [0.4, 0.5) is 4.39 Å². The fourth-order valence-corrected chi connectivity index (χ4v) is 4.40. The number of aryl methyl sites for hydroxylation is 2. The molecule has 0 aliphatic rings. The molecule has 0 radical (unpaired) electrons. The first-order valence-electron chi connectivity index (χ1n) is 10.7. The van der Waals surface area contributed by atoms with E-state index in [0.717, 1.165) is 66.7 Å². The van der Waals surface area contributed by atoms with Crippen molar-refractivity contribution < 1.29 is 4.39 Å². The average Bonchev–Trinajstić information content (AvgIpc) is 3.41. The first kappa shape index (κ1) is 19.4. The number of fused-ring (bicyclic) bond motifs is 2. The van der Waals surface area contributed by atoms with Gasteiger partial charge in [-0.2, -0.15) is 5.10 Å². The molecule has 2 N–H and O–H groups in total. The zero-order chi connectivity index (χ0) is 22.5. The predicted octanol–water partition coefficient (Wildman–Crippen LogP) is 6.59. The number of H-pyrrole nitrogens is 2. The molecule has 4 heterocycles. The Morgan fingerprint density at radius 2 is 1.58 bits per heavy atom. The molecule has 0 atom stereocenters. The predicted molar refractivity (Wildman–Crippen MR) is 129 cm³/mol. The summed E-state index contributed by atoms with van der Waals surface area (Å²) in [7, 11) is 0. The summed E-state index contributed by atoms with van der Waals surface area (Å²) in [5.74, 6) is -0.268. The van der Waals surface area contributed by atoms with Gasteiger partial charge in [-0.05, 0) is 79.1 Å². The fourth-order valence-electron chi connectivity index (χ4n) is 4.40. The second kappa shape index (κ2) is 7.38. The minimum Gasteiger partial charge on any atom is -0.353 e. The van der Waals surface area contributed by atoms with Crippen LogP contribution in [0.2, 0.25) is 0 Å². The summed E-state index contributed by atoms with van der Waals surface area (Å²) in [6.45, 7) is 3.92. The number of halogens is 1. The van der Waals surface area contributed by atoms with Gasteiger partial charge in [-0.3, -0.25) is 15.1 Å². The van der Waals surface area contributed by atoms with Crippen molar-refractivity contribution in [3.05, 3.63) is 90.1 Å². The molecule has 6 aromatic rings. The van der Waals surface area contributed by atoms with E-state index in [1.807, 2.05) is 50.5 Å². The van der Waals surface area contributed by atoms with Gasteiger partial charge < -0.3 is 4.98 Å². The van der Waals surface area contributed by atoms with E-state index < -0.39 is 0 Å². The molecule has 2 aromatic carbocycles. The van der Waals surface area contributed by atoms with Crippen LogP contribution >= 0.6 is 0 Å². The van der Waals surface area contributed by atoms with Gasteiger partial charge in [0.05, 0.1) is 16.9 Å². The molecule has 160 valence electrons. The van der Waals surface area contributed by atoms with Crippen LogP contribution in [0, 0.1) is 19.7 Å². The van der Waals surface area contributed by atoms with Crippen molar-refractivity contribution in [2.75, 3.05) is 0 Å². The van der Waals surface area contributed by atoms with Gasteiger partial charge >= 0.3 is 0 Å². The molecule has 0 unspecified atom stereocenters. The molecule has 0 spiro atoms. The van der Waals surface area contributed by atoms with Gasteiger partial charge in [0.25, 0.3) is 0 Å². The smallest absolute Gasteiger partial charge is 0.124 e. The number of nitrogens with zero attached hydrogens (tertiary/aromatic N) is 3. The summed E-state index contributed by atoms with van der Waals surface area (Å²) >= 11 is 0. The molecule has 6 heteroatoms. The van der Waals surface area contributed by atoms with E-state index in [2.05, 4.69) is 43.3 Å². The molecular formula is C27H20FN5.